The van der Waals surface area contributed by atoms with Gasteiger partial charge in [0.2, 0.25) is 5.91 Å². The molecular formula is C25H22ClN3O3S2. The van der Waals surface area contributed by atoms with Crippen LogP contribution in [0.15, 0.2) is 36.5 Å². The Morgan fingerprint density at radius 2 is 2.12 bits per heavy atom. The fourth-order valence-electron chi connectivity index (χ4n) is 4.00. The molecule has 6 nitrogen and oxygen atoms in total. The molecule has 1 unspecified atom stereocenters. The number of benzene rings is 1. The van der Waals surface area contributed by atoms with Crippen LogP contribution >= 0.6 is 34.3 Å². The Morgan fingerprint density at radius 1 is 1.29 bits per heavy atom. The number of fused-ring (bicyclic) bond motifs is 2. The summed E-state index contributed by atoms with van der Waals surface area (Å²) >= 11 is 9.58. The van der Waals surface area contributed by atoms with Crippen LogP contribution in [-0.4, -0.2) is 33.7 Å². The standard InChI is InChI=1S/C25H22ClN3O3S2/c1-13-15(3)33-25-28-11-18(29(13)25)4-7-23(31)27-12-19-9-17-8-16(10-20(26)24(17)32-19)22-6-5-21(34-22)14(2)30/h4-8,10-11,19H,9,12H2,1-3H3,(H,27,31). The van der Waals surface area contributed by atoms with Crippen molar-refractivity contribution in [2.45, 2.75) is 33.3 Å². The van der Waals surface area contributed by atoms with Crippen molar-refractivity contribution < 1.29 is 14.3 Å². The van der Waals surface area contributed by atoms with E-state index < -0.39 is 0 Å². The Kier molecular flexibility index (Phi) is 6.06. The van der Waals surface area contributed by atoms with Gasteiger partial charge in [-0.25, -0.2) is 4.98 Å². The van der Waals surface area contributed by atoms with E-state index in [0.717, 1.165) is 37.2 Å². The summed E-state index contributed by atoms with van der Waals surface area (Å²) in [5, 5.41) is 3.45. The number of aryl methyl sites for hydroxylation is 2. The minimum absolute atomic E-state index is 0.0508. The van der Waals surface area contributed by atoms with Crippen molar-refractivity contribution in [2.75, 3.05) is 6.54 Å². The predicted molar refractivity (Wildman–Crippen MR) is 137 cm³/mol. The minimum atomic E-state index is -0.195. The fraction of sp³-hybridized carbons (Fsp3) is 0.240. The maximum Gasteiger partial charge on any atom is 0.244 e. The first kappa shape index (κ1) is 22.8. The third kappa shape index (κ3) is 4.29. The molecule has 9 heteroatoms. The number of hydrogen-bond donors (Lipinski definition) is 1. The molecule has 174 valence electrons. The Hall–Kier alpha value is -2.94. The summed E-state index contributed by atoms with van der Waals surface area (Å²) in [4.78, 5) is 32.3. The second-order valence-corrected chi connectivity index (χ2v) is 10.9. The SMILES string of the molecule is CC(=O)c1ccc(-c2cc(Cl)c3c(c2)CC(CNC(=O)C=Cc2cnc4sc(C)c(C)n24)O3)s1. The van der Waals surface area contributed by atoms with Gasteiger partial charge in [-0.3, -0.25) is 14.0 Å². The number of hydrogen-bond acceptors (Lipinski definition) is 6. The summed E-state index contributed by atoms with van der Waals surface area (Å²) in [6.07, 6.45) is 5.52. The van der Waals surface area contributed by atoms with Crippen LogP contribution in [-0.2, 0) is 11.2 Å². The Balaban J connectivity index is 1.23. The largest absolute Gasteiger partial charge is 0.486 e. The van der Waals surface area contributed by atoms with Crippen LogP contribution in [0.2, 0.25) is 5.02 Å². The van der Waals surface area contributed by atoms with E-state index in [1.54, 1.807) is 30.5 Å². The van der Waals surface area contributed by atoms with E-state index in [4.69, 9.17) is 16.3 Å². The molecule has 0 bridgehead atoms. The van der Waals surface area contributed by atoms with Crippen LogP contribution in [0.1, 0.15) is 38.4 Å². The van der Waals surface area contributed by atoms with E-state index in [1.165, 1.54) is 22.3 Å². The highest BCUT2D eigenvalue weighted by Crippen LogP contribution is 2.41. The summed E-state index contributed by atoms with van der Waals surface area (Å²) in [5.41, 5.74) is 3.96. The van der Waals surface area contributed by atoms with Crippen molar-refractivity contribution in [1.29, 1.82) is 0 Å². The molecule has 0 fully saturated rings. The third-order valence-electron chi connectivity index (χ3n) is 5.85. The van der Waals surface area contributed by atoms with Crippen molar-refractivity contribution in [3.63, 3.8) is 0 Å². The van der Waals surface area contributed by atoms with E-state index in [-0.39, 0.29) is 17.8 Å². The number of imidazole rings is 1. The molecule has 1 aromatic carbocycles. The van der Waals surface area contributed by atoms with Crippen LogP contribution in [0.5, 0.6) is 5.75 Å². The van der Waals surface area contributed by atoms with Gasteiger partial charge in [0.1, 0.15) is 11.9 Å². The van der Waals surface area contributed by atoms with Gasteiger partial charge in [0, 0.05) is 33.5 Å². The molecular weight excluding hydrogens is 490 g/mol. The lowest BCUT2D eigenvalue weighted by molar-refractivity contribution is -0.116. The molecule has 0 saturated carbocycles. The van der Waals surface area contributed by atoms with Crippen molar-refractivity contribution in [1.82, 2.24) is 14.7 Å². The number of carbonyl (C=O) groups excluding carboxylic acids is 2. The van der Waals surface area contributed by atoms with Crippen LogP contribution in [0.3, 0.4) is 0 Å². The number of carbonyl (C=O) groups is 2. The second kappa shape index (κ2) is 9.02. The zero-order valence-electron chi connectivity index (χ0n) is 18.8. The summed E-state index contributed by atoms with van der Waals surface area (Å²) in [6.45, 7) is 6.04. The Labute approximate surface area is 209 Å². The van der Waals surface area contributed by atoms with E-state index in [0.29, 0.717) is 23.7 Å². The molecule has 3 aromatic heterocycles. The lowest BCUT2D eigenvalue weighted by atomic mass is 10.1. The van der Waals surface area contributed by atoms with E-state index in [2.05, 4.69) is 23.3 Å². The van der Waals surface area contributed by atoms with Crippen molar-refractivity contribution in [2.24, 2.45) is 0 Å². The normalized spacial score (nSPS) is 15.1. The van der Waals surface area contributed by atoms with Crippen LogP contribution < -0.4 is 10.1 Å². The fourth-order valence-corrected chi connectivity index (χ4v) is 6.13. The molecule has 1 amide bonds. The number of rotatable bonds is 6. The molecule has 4 heterocycles. The first-order valence-corrected chi connectivity index (χ1v) is 12.8. The number of amides is 1. The number of nitrogens with zero attached hydrogens (tertiary/aromatic N) is 2. The minimum Gasteiger partial charge on any atom is -0.486 e. The number of ether oxygens (including phenoxy) is 1. The topological polar surface area (TPSA) is 72.7 Å². The summed E-state index contributed by atoms with van der Waals surface area (Å²) in [5.74, 6) is 0.518. The molecule has 1 atom stereocenters. The van der Waals surface area contributed by atoms with Crippen LogP contribution in [0.4, 0.5) is 0 Å². The Bertz CT molecular complexity index is 1460. The second-order valence-electron chi connectivity index (χ2n) is 8.23. The van der Waals surface area contributed by atoms with Gasteiger partial charge in [0.05, 0.1) is 28.3 Å². The number of thiazole rings is 1. The lowest BCUT2D eigenvalue weighted by Crippen LogP contribution is -2.33. The molecule has 1 N–H and O–H groups in total. The van der Waals surface area contributed by atoms with Gasteiger partial charge in [-0.2, -0.15) is 0 Å². The monoisotopic (exact) mass is 511 g/mol. The number of Topliss-reactive ketones (excluding diaryl/α,β-unsaturated/α-hetero) is 1. The molecule has 0 radical (unpaired) electrons. The maximum absolute atomic E-state index is 12.4. The van der Waals surface area contributed by atoms with Gasteiger partial charge in [-0.05, 0) is 56.7 Å². The smallest absolute Gasteiger partial charge is 0.244 e. The average molecular weight is 512 g/mol. The van der Waals surface area contributed by atoms with Crippen molar-refractivity contribution in [3.8, 4) is 16.2 Å². The molecule has 0 saturated heterocycles. The summed E-state index contributed by atoms with van der Waals surface area (Å²) < 4.78 is 8.06. The van der Waals surface area contributed by atoms with Crippen LogP contribution in [0, 0.1) is 13.8 Å². The van der Waals surface area contributed by atoms with Gasteiger partial charge in [-0.15, -0.1) is 22.7 Å². The zero-order valence-corrected chi connectivity index (χ0v) is 21.2. The van der Waals surface area contributed by atoms with Gasteiger partial charge < -0.3 is 10.1 Å². The molecule has 0 aliphatic carbocycles. The summed E-state index contributed by atoms with van der Waals surface area (Å²) in [6, 6.07) is 7.68. The summed E-state index contributed by atoms with van der Waals surface area (Å²) in [7, 11) is 0. The predicted octanol–water partition coefficient (Wildman–Crippen LogP) is 5.73. The number of nitrogens with one attached hydrogen (secondary N) is 1. The molecule has 5 rings (SSSR count). The van der Waals surface area contributed by atoms with Crippen molar-refractivity contribution in [3.05, 3.63) is 68.3 Å². The lowest BCUT2D eigenvalue weighted by Gasteiger charge is -2.11. The molecule has 0 spiro atoms. The first-order valence-electron chi connectivity index (χ1n) is 10.8. The Morgan fingerprint density at radius 3 is 2.88 bits per heavy atom. The first-order chi connectivity index (χ1) is 16.3. The average Bonchev–Trinajstić information content (AvgIpc) is 3.56. The molecule has 1 aliphatic heterocycles. The number of halogens is 1. The van der Waals surface area contributed by atoms with Gasteiger partial charge in [-0.1, -0.05) is 11.6 Å². The number of ketones is 1. The number of aromatic nitrogens is 2. The van der Waals surface area contributed by atoms with Gasteiger partial charge >= 0.3 is 0 Å². The van der Waals surface area contributed by atoms with E-state index >= 15 is 0 Å². The van der Waals surface area contributed by atoms with E-state index in [1.807, 2.05) is 29.5 Å². The highest BCUT2D eigenvalue weighted by molar-refractivity contribution is 7.17. The quantitative estimate of drug-likeness (QED) is 0.265. The van der Waals surface area contributed by atoms with Gasteiger partial charge in [0.15, 0.2) is 10.7 Å². The molecule has 4 aromatic rings. The molecule has 1 aliphatic rings. The molecule has 34 heavy (non-hydrogen) atoms. The third-order valence-corrected chi connectivity index (χ3v) is 8.43. The van der Waals surface area contributed by atoms with Gasteiger partial charge in [0.25, 0.3) is 0 Å². The highest BCUT2D eigenvalue weighted by Gasteiger charge is 2.26. The zero-order chi connectivity index (χ0) is 24.0. The van der Waals surface area contributed by atoms with E-state index in [9.17, 15) is 9.59 Å². The van der Waals surface area contributed by atoms with Crippen molar-refractivity contribution >= 4 is 57.0 Å². The van der Waals surface area contributed by atoms with Crippen LogP contribution in [0.25, 0.3) is 21.5 Å². The maximum atomic E-state index is 12.4. The number of thiophene rings is 1. The highest BCUT2D eigenvalue weighted by atomic mass is 35.5.